The molecule has 0 unspecified atom stereocenters. The summed E-state index contributed by atoms with van der Waals surface area (Å²) in [6.45, 7) is 2.99. The monoisotopic (exact) mass is 262 g/mol. The van der Waals surface area contributed by atoms with Crippen molar-refractivity contribution < 1.29 is 4.79 Å². The van der Waals surface area contributed by atoms with Crippen LogP contribution in [0, 0.1) is 19.3 Å². The molecule has 0 fully saturated rings. The Labute approximate surface area is 113 Å². The normalized spacial score (nSPS) is 9.56. The van der Waals surface area contributed by atoms with Crippen LogP contribution in [-0.2, 0) is 5.75 Å². The molecular weight excluding hydrogens is 244 g/mol. The molecule has 2 amide bonds. The molecule has 0 saturated heterocycles. The number of aryl methyl sites for hydroxylation is 1. The summed E-state index contributed by atoms with van der Waals surface area (Å²) in [6.07, 6.45) is 5.03. The summed E-state index contributed by atoms with van der Waals surface area (Å²) in [5.74, 6) is 4.20. The van der Waals surface area contributed by atoms with Crippen LogP contribution in [0.5, 0.6) is 0 Å². The Morgan fingerprint density at radius 1 is 1.33 bits per heavy atom. The Bertz CT molecular complexity index is 409. The number of nitrogens with one attached hydrogen (secondary N) is 2. The fraction of sp³-hybridized carbons (Fsp3) is 0.357. The molecule has 4 heteroatoms. The second-order valence-electron chi connectivity index (χ2n) is 3.85. The molecule has 0 heterocycles. The van der Waals surface area contributed by atoms with Gasteiger partial charge in [0.2, 0.25) is 0 Å². The number of hydrogen-bond acceptors (Lipinski definition) is 2. The molecule has 1 aromatic rings. The maximum atomic E-state index is 11.1. The number of urea groups is 1. The molecule has 0 bridgehead atoms. The Balaban J connectivity index is 2.07. The number of amides is 2. The van der Waals surface area contributed by atoms with E-state index in [0.29, 0.717) is 6.54 Å². The Morgan fingerprint density at radius 2 is 2.06 bits per heavy atom. The van der Waals surface area contributed by atoms with E-state index in [-0.39, 0.29) is 12.6 Å². The maximum Gasteiger partial charge on any atom is 0.315 e. The number of carbonyl (C=O) groups excluding carboxylic acids is 1. The van der Waals surface area contributed by atoms with Crippen molar-refractivity contribution in [1.29, 1.82) is 0 Å². The van der Waals surface area contributed by atoms with Crippen molar-refractivity contribution in [2.75, 3.05) is 18.8 Å². The lowest BCUT2D eigenvalue weighted by Gasteiger charge is -2.05. The Kier molecular flexibility index (Phi) is 6.82. The zero-order valence-electron chi connectivity index (χ0n) is 10.5. The van der Waals surface area contributed by atoms with Crippen LogP contribution in [0.3, 0.4) is 0 Å². The molecule has 2 N–H and O–H groups in total. The van der Waals surface area contributed by atoms with Crippen LogP contribution < -0.4 is 10.6 Å². The first-order valence-corrected chi connectivity index (χ1v) is 6.96. The van der Waals surface area contributed by atoms with Crippen LogP contribution in [0.1, 0.15) is 11.1 Å². The topological polar surface area (TPSA) is 41.1 Å². The number of rotatable bonds is 6. The van der Waals surface area contributed by atoms with Gasteiger partial charge >= 0.3 is 6.03 Å². The third kappa shape index (κ3) is 6.21. The van der Waals surface area contributed by atoms with Crippen LogP contribution in [0.2, 0.25) is 0 Å². The van der Waals surface area contributed by atoms with Gasteiger partial charge in [-0.15, -0.1) is 6.42 Å². The largest absolute Gasteiger partial charge is 0.337 e. The molecule has 0 aliphatic carbocycles. The van der Waals surface area contributed by atoms with Crippen molar-refractivity contribution in [2.24, 2.45) is 0 Å². The van der Waals surface area contributed by atoms with Gasteiger partial charge in [0, 0.05) is 18.1 Å². The van der Waals surface area contributed by atoms with E-state index in [1.54, 1.807) is 11.8 Å². The minimum Gasteiger partial charge on any atom is -0.337 e. The predicted molar refractivity (Wildman–Crippen MR) is 77.6 cm³/mol. The van der Waals surface area contributed by atoms with Crippen molar-refractivity contribution in [2.45, 2.75) is 12.7 Å². The summed E-state index contributed by atoms with van der Waals surface area (Å²) in [4.78, 5) is 11.1. The molecule has 0 aromatic heterocycles. The average Bonchev–Trinajstić information content (AvgIpc) is 2.38. The van der Waals surface area contributed by atoms with E-state index < -0.39 is 0 Å². The minimum atomic E-state index is -0.205. The van der Waals surface area contributed by atoms with Gasteiger partial charge < -0.3 is 10.6 Å². The van der Waals surface area contributed by atoms with E-state index in [1.165, 1.54) is 11.1 Å². The van der Waals surface area contributed by atoms with Crippen LogP contribution in [0.15, 0.2) is 24.3 Å². The fourth-order valence-electron chi connectivity index (χ4n) is 1.30. The molecule has 0 radical (unpaired) electrons. The van der Waals surface area contributed by atoms with Crippen molar-refractivity contribution in [3.63, 3.8) is 0 Å². The molecule has 18 heavy (non-hydrogen) atoms. The van der Waals surface area contributed by atoms with Gasteiger partial charge in [0.1, 0.15) is 0 Å². The molecular formula is C14H18N2OS. The van der Waals surface area contributed by atoms with Gasteiger partial charge in [0.25, 0.3) is 0 Å². The standard InChI is InChI=1S/C14H18N2OS/c1-3-8-15-14(17)16-9-10-18-11-13-6-4-12(2)5-7-13/h1,4-7H,8-11H2,2H3,(H2,15,16,17). The van der Waals surface area contributed by atoms with E-state index in [2.05, 4.69) is 47.7 Å². The molecule has 0 aliphatic heterocycles. The number of benzene rings is 1. The van der Waals surface area contributed by atoms with Crippen LogP contribution in [0.25, 0.3) is 0 Å². The Hall–Kier alpha value is -1.60. The number of carbonyl (C=O) groups is 1. The van der Waals surface area contributed by atoms with Gasteiger partial charge in [-0.05, 0) is 12.5 Å². The van der Waals surface area contributed by atoms with E-state index in [4.69, 9.17) is 6.42 Å². The third-order valence-corrected chi connectivity index (χ3v) is 3.30. The number of hydrogen-bond donors (Lipinski definition) is 2. The smallest absolute Gasteiger partial charge is 0.315 e. The highest BCUT2D eigenvalue weighted by Crippen LogP contribution is 2.12. The molecule has 1 rings (SSSR count). The first-order valence-electron chi connectivity index (χ1n) is 5.81. The van der Waals surface area contributed by atoms with Gasteiger partial charge in [0.15, 0.2) is 0 Å². The van der Waals surface area contributed by atoms with Crippen LogP contribution in [0.4, 0.5) is 4.79 Å². The summed E-state index contributed by atoms with van der Waals surface area (Å²) in [5, 5.41) is 5.30. The SMILES string of the molecule is C#CCNC(=O)NCCSCc1ccc(C)cc1. The fourth-order valence-corrected chi connectivity index (χ4v) is 2.12. The van der Waals surface area contributed by atoms with Gasteiger partial charge in [-0.2, -0.15) is 11.8 Å². The summed E-state index contributed by atoms with van der Waals surface area (Å²) in [5.41, 5.74) is 2.58. The van der Waals surface area contributed by atoms with Crippen molar-refractivity contribution in [3.8, 4) is 12.3 Å². The molecule has 0 saturated carbocycles. The van der Waals surface area contributed by atoms with E-state index in [0.717, 1.165) is 11.5 Å². The lowest BCUT2D eigenvalue weighted by molar-refractivity contribution is 0.242. The summed E-state index contributed by atoms with van der Waals surface area (Å²) >= 11 is 1.80. The third-order valence-electron chi connectivity index (χ3n) is 2.27. The second-order valence-corrected chi connectivity index (χ2v) is 4.96. The highest BCUT2D eigenvalue weighted by Gasteiger charge is 1.97. The Morgan fingerprint density at radius 3 is 2.72 bits per heavy atom. The first kappa shape index (κ1) is 14.5. The number of terminal acetylenes is 1. The minimum absolute atomic E-state index is 0.205. The molecule has 0 atom stereocenters. The van der Waals surface area contributed by atoms with E-state index in [1.807, 2.05) is 0 Å². The summed E-state index contributed by atoms with van der Waals surface area (Å²) in [7, 11) is 0. The van der Waals surface area contributed by atoms with Crippen LogP contribution >= 0.6 is 11.8 Å². The highest BCUT2D eigenvalue weighted by molar-refractivity contribution is 7.98. The molecule has 3 nitrogen and oxygen atoms in total. The van der Waals surface area contributed by atoms with Crippen molar-refractivity contribution in [1.82, 2.24) is 10.6 Å². The molecule has 0 aliphatic rings. The van der Waals surface area contributed by atoms with Crippen LogP contribution in [-0.4, -0.2) is 24.9 Å². The highest BCUT2D eigenvalue weighted by atomic mass is 32.2. The molecule has 1 aromatic carbocycles. The predicted octanol–water partition coefficient (Wildman–Crippen LogP) is 2.16. The van der Waals surface area contributed by atoms with Crippen molar-refractivity contribution >= 4 is 17.8 Å². The molecule has 0 spiro atoms. The summed E-state index contributed by atoms with van der Waals surface area (Å²) in [6, 6.07) is 8.29. The van der Waals surface area contributed by atoms with Gasteiger partial charge in [-0.25, -0.2) is 4.79 Å². The molecule has 96 valence electrons. The van der Waals surface area contributed by atoms with Gasteiger partial charge in [-0.1, -0.05) is 35.7 Å². The first-order chi connectivity index (χ1) is 8.72. The zero-order chi connectivity index (χ0) is 13.2. The van der Waals surface area contributed by atoms with E-state index in [9.17, 15) is 4.79 Å². The lowest BCUT2D eigenvalue weighted by atomic mass is 10.2. The quantitative estimate of drug-likeness (QED) is 0.609. The van der Waals surface area contributed by atoms with Crippen molar-refractivity contribution in [3.05, 3.63) is 35.4 Å². The van der Waals surface area contributed by atoms with Gasteiger partial charge in [-0.3, -0.25) is 0 Å². The van der Waals surface area contributed by atoms with E-state index >= 15 is 0 Å². The number of thioether (sulfide) groups is 1. The summed E-state index contributed by atoms with van der Waals surface area (Å²) < 4.78 is 0. The lowest BCUT2D eigenvalue weighted by Crippen LogP contribution is -2.36. The average molecular weight is 262 g/mol. The maximum absolute atomic E-state index is 11.1. The van der Waals surface area contributed by atoms with Gasteiger partial charge in [0.05, 0.1) is 6.54 Å². The second kappa shape index (κ2) is 8.48. The zero-order valence-corrected chi connectivity index (χ0v) is 11.3.